The summed E-state index contributed by atoms with van der Waals surface area (Å²) < 4.78 is 0.979. The standard InChI is InChI=1S/C11H12N2OS2/c1-7-6-15-11(13-7)16-10-5-9(8(2)14)3-4-12-10/h3-6,8,14H,1-2H3/t8-/m0/s1. The van der Waals surface area contributed by atoms with Gasteiger partial charge in [-0.25, -0.2) is 9.97 Å². The van der Waals surface area contributed by atoms with Crippen LogP contribution in [0, 0.1) is 6.92 Å². The van der Waals surface area contributed by atoms with E-state index in [1.165, 1.54) is 11.8 Å². The molecule has 1 atom stereocenters. The van der Waals surface area contributed by atoms with E-state index in [-0.39, 0.29) is 0 Å². The normalized spacial score (nSPS) is 12.7. The average molecular weight is 252 g/mol. The van der Waals surface area contributed by atoms with Crippen molar-refractivity contribution in [1.82, 2.24) is 9.97 Å². The predicted molar refractivity (Wildman–Crippen MR) is 65.8 cm³/mol. The smallest absolute Gasteiger partial charge is 0.156 e. The Hall–Kier alpha value is -0.910. The van der Waals surface area contributed by atoms with E-state index in [0.717, 1.165) is 20.6 Å². The van der Waals surface area contributed by atoms with Crippen molar-refractivity contribution in [2.75, 3.05) is 0 Å². The van der Waals surface area contributed by atoms with E-state index < -0.39 is 6.10 Å². The molecule has 0 fully saturated rings. The minimum absolute atomic E-state index is 0.458. The molecule has 5 heteroatoms. The maximum atomic E-state index is 9.47. The highest BCUT2D eigenvalue weighted by atomic mass is 32.2. The van der Waals surface area contributed by atoms with Crippen molar-refractivity contribution in [2.45, 2.75) is 29.3 Å². The zero-order valence-corrected chi connectivity index (χ0v) is 10.7. The van der Waals surface area contributed by atoms with Crippen LogP contribution in [0.4, 0.5) is 0 Å². The lowest BCUT2D eigenvalue weighted by Crippen LogP contribution is -1.92. The third kappa shape index (κ3) is 2.81. The largest absolute Gasteiger partial charge is 0.389 e. The Kier molecular flexibility index (Phi) is 3.58. The molecule has 0 unspecified atom stereocenters. The first-order valence-corrected chi connectivity index (χ1v) is 6.59. The van der Waals surface area contributed by atoms with Crippen molar-refractivity contribution >= 4 is 23.1 Å². The first-order chi connectivity index (χ1) is 7.65. The van der Waals surface area contributed by atoms with Crippen molar-refractivity contribution in [3.05, 3.63) is 35.0 Å². The summed E-state index contributed by atoms with van der Waals surface area (Å²) in [5.74, 6) is 0. The van der Waals surface area contributed by atoms with Crippen LogP contribution in [0.15, 0.2) is 33.1 Å². The van der Waals surface area contributed by atoms with Crippen LogP contribution in [0.1, 0.15) is 24.3 Å². The fraction of sp³-hybridized carbons (Fsp3) is 0.273. The lowest BCUT2D eigenvalue weighted by molar-refractivity contribution is 0.199. The second-order valence-corrected chi connectivity index (χ2v) is 5.59. The molecule has 0 saturated carbocycles. The molecule has 2 aromatic rings. The van der Waals surface area contributed by atoms with Crippen molar-refractivity contribution in [2.24, 2.45) is 0 Å². The third-order valence-electron chi connectivity index (χ3n) is 2.03. The summed E-state index contributed by atoms with van der Waals surface area (Å²) >= 11 is 3.13. The molecule has 0 aromatic carbocycles. The van der Waals surface area contributed by atoms with E-state index in [1.807, 2.05) is 24.4 Å². The molecular weight excluding hydrogens is 240 g/mol. The number of hydrogen-bond donors (Lipinski definition) is 1. The molecule has 2 heterocycles. The van der Waals surface area contributed by atoms with Crippen LogP contribution >= 0.6 is 23.1 Å². The summed E-state index contributed by atoms with van der Waals surface area (Å²) in [5, 5.41) is 12.4. The zero-order chi connectivity index (χ0) is 11.5. The quantitative estimate of drug-likeness (QED) is 0.912. The van der Waals surface area contributed by atoms with Crippen molar-refractivity contribution in [1.29, 1.82) is 0 Å². The number of thiazole rings is 1. The van der Waals surface area contributed by atoms with Gasteiger partial charge in [0.05, 0.1) is 6.10 Å². The first kappa shape index (κ1) is 11.6. The van der Waals surface area contributed by atoms with E-state index in [2.05, 4.69) is 9.97 Å². The van der Waals surface area contributed by atoms with Gasteiger partial charge in [-0.15, -0.1) is 11.3 Å². The molecule has 1 N–H and O–H groups in total. The maximum Gasteiger partial charge on any atom is 0.156 e. The highest BCUT2D eigenvalue weighted by molar-refractivity contribution is 8.01. The Morgan fingerprint density at radius 3 is 2.94 bits per heavy atom. The predicted octanol–water partition coefficient (Wildman–Crippen LogP) is 3.05. The number of rotatable bonds is 3. The van der Waals surface area contributed by atoms with Gasteiger partial charge < -0.3 is 5.11 Å². The Bertz CT molecular complexity index is 482. The van der Waals surface area contributed by atoms with Gasteiger partial charge in [-0.3, -0.25) is 0 Å². The van der Waals surface area contributed by atoms with Gasteiger partial charge in [0.25, 0.3) is 0 Å². The van der Waals surface area contributed by atoms with E-state index in [1.54, 1.807) is 24.5 Å². The minimum atomic E-state index is -0.458. The van der Waals surface area contributed by atoms with Gasteiger partial charge in [-0.2, -0.15) is 0 Å². The number of aliphatic hydroxyl groups excluding tert-OH is 1. The van der Waals surface area contributed by atoms with Gasteiger partial charge in [0, 0.05) is 17.3 Å². The second kappa shape index (κ2) is 4.95. The van der Waals surface area contributed by atoms with Gasteiger partial charge >= 0.3 is 0 Å². The third-order valence-corrected chi connectivity index (χ3v) is 4.02. The molecule has 3 nitrogen and oxygen atoms in total. The lowest BCUT2D eigenvalue weighted by Gasteiger charge is -2.05. The van der Waals surface area contributed by atoms with E-state index in [0.29, 0.717) is 0 Å². The molecule has 0 spiro atoms. The molecule has 0 aliphatic rings. The lowest BCUT2D eigenvalue weighted by atomic mass is 10.2. The molecule has 0 amide bonds. The number of pyridine rings is 1. The van der Waals surface area contributed by atoms with Gasteiger partial charge in [-0.1, -0.05) is 0 Å². The van der Waals surface area contributed by atoms with Crippen molar-refractivity contribution < 1.29 is 5.11 Å². The average Bonchev–Trinajstić information content (AvgIpc) is 2.64. The van der Waals surface area contributed by atoms with Crippen molar-refractivity contribution in [3.8, 4) is 0 Å². The number of aryl methyl sites for hydroxylation is 1. The minimum Gasteiger partial charge on any atom is -0.389 e. The van der Waals surface area contributed by atoms with Gasteiger partial charge in [0.2, 0.25) is 0 Å². The van der Waals surface area contributed by atoms with Crippen LogP contribution in [-0.4, -0.2) is 15.1 Å². The molecule has 2 aromatic heterocycles. The van der Waals surface area contributed by atoms with Crippen LogP contribution in [0.25, 0.3) is 0 Å². The van der Waals surface area contributed by atoms with Gasteiger partial charge in [-0.05, 0) is 43.3 Å². The van der Waals surface area contributed by atoms with Crippen molar-refractivity contribution in [3.63, 3.8) is 0 Å². The molecule has 0 aliphatic carbocycles. The van der Waals surface area contributed by atoms with Crippen LogP contribution < -0.4 is 0 Å². The SMILES string of the molecule is Cc1csc(Sc2cc([C@H](C)O)ccn2)n1. The monoisotopic (exact) mass is 252 g/mol. The fourth-order valence-corrected chi connectivity index (χ4v) is 3.00. The molecule has 0 aliphatic heterocycles. The summed E-state index contributed by atoms with van der Waals surface area (Å²) in [6.45, 7) is 3.72. The molecule has 0 saturated heterocycles. The summed E-state index contributed by atoms with van der Waals surface area (Å²) in [7, 11) is 0. The van der Waals surface area contributed by atoms with E-state index in [4.69, 9.17) is 0 Å². The molecule has 0 bridgehead atoms. The van der Waals surface area contributed by atoms with Crippen LogP contribution in [0.3, 0.4) is 0 Å². The highest BCUT2D eigenvalue weighted by Crippen LogP contribution is 2.29. The highest BCUT2D eigenvalue weighted by Gasteiger charge is 2.06. The summed E-state index contributed by atoms with van der Waals surface area (Å²) in [6.07, 6.45) is 1.26. The van der Waals surface area contributed by atoms with Gasteiger partial charge in [0.15, 0.2) is 4.34 Å². The Morgan fingerprint density at radius 1 is 1.50 bits per heavy atom. The van der Waals surface area contributed by atoms with E-state index >= 15 is 0 Å². The number of aromatic nitrogens is 2. The van der Waals surface area contributed by atoms with Gasteiger partial charge in [0.1, 0.15) is 5.03 Å². The summed E-state index contributed by atoms with van der Waals surface area (Å²) in [6, 6.07) is 3.72. The molecular formula is C11H12N2OS2. The summed E-state index contributed by atoms with van der Waals surface area (Å²) in [4.78, 5) is 8.60. The molecule has 2 rings (SSSR count). The molecule has 0 radical (unpaired) electrons. The Balaban J connectivity index is 2.18. The maximum absolute atomic E-state index is 9.47. The van der Waals surface area contributed by atoms with Crippen LogP contribution in [-0.2, 0) is 0 Å². The Labute approximate surface area is 103 Å². The number of nitrogens with zero attached hydrogens (tertiary/aromatic N) is 2. The number of aliphatic hydroxyl groups is 1. The number of hydrogen-bond acceptors (Lipinski definition) is 5. The van der Waals surface area contributed by atoms with Crippen LogP contribution in [0.2, 0.25) is 0 Å². The summed E-state index contributed by atoms with van der Waals surface area (Å²) in [5.41, 5.74) is 1.91. The first-order valence-electron chi connectivity index (χ1n) is 4.89. The Morgan fingerprint density at radius 2 is 2.31 bits per heavy atom. The zero-order valence-electron chi connectivity index (χ0n) is 9.04. The second-order valence-electron chi connectivity index (χ2n) is 3.46. The molecule has 16 heavy (non-hydrogen) atoms. The van der Waals surface area contributed by atoms with Crippen LogP contribution in [0.5, 0.6) is 0 Å². The van der Waals surface area contributed by atoms with E-state index in [9.17, 15) is 5.11 Å². The topological polar surface area (TPSA) is 46.0 Å². The molecule has 84 valence electrons. The fourth-order valence-electron chi connectivity index (χ4n) is 1.21.